The van der Waals surface area contributed by atoms with Crippen LogP contribution in [0.5, 0.6) is 0 Å². The summed E-state index contributed by atoms with van der Waals surface area (Å²) in [4.78, 5) is 37.0. The van der Waals surface area contributed by atoms with E-state index in [-0.39, 0.29) is 17.6 Å². The van der Waals surface area contributed by atoms with E-state index in [0.717, 1.165) is 12.8 Å². The molecule has 0 saturated heterocycles. The first-order valence-corrected chi connectivity index (χ1v) is 5.07. The van der Waals surface area contributed by atoms with Crippen molar-refractivity contribution < 1.29 is 14.4 Å². The average Bonchev–Trinajstić information content (AvgIpc) is 2.17. The van der Waals surface area contributed by atoms with Crippen LogP contribution >= 0.6 is 0 Å². The fourth-order valence-electron chi connectivity index (χ4n) is 2.14. The van der Waals surface area contributed by atoms with E-state index in [9.17, 15) is 14.4 Å². The molecule has 3 amide bonds. The number of hydrogen-bond donors (Lipinski definition) is 1. The maximum Gasteiger partial charge on any atom is 0.347 e. The van der Waals surface area contributed by atoms with Gasteiger partial charge in [0.2, 0.25) is 5.91 Å². The van der Waals surface area contributed by atoms with Gasteiger partial charge in [-0.2, -0.15) is 0 Å². The van der Waals surface area contributed by atoms with Crippen LogP contribution in [-0.2, 0) is 9.59 Å². The summed E-state index contributed by atoms with van der Waals surface area (Å²) in [6.07, 6.45) is 4.10. The standard InChI is InChI=1S/C10H12N2O3/c13-7-3-1-2-6(4-7)8-5-11-10(15)12-9(8)14/h5-6,8H,1-4H2,(H,12,14,15)/t6-,8+/m1/s1. The second-order valence-electron chi connectivity index (χ2n) is 3.99. The predicted octanol–water partition coefficient (Wildman–Crippen LogP) is 0.683. The van der Waals surface area contributed by atoms with Crippen LogP contribution in [0.3, 0.4) is 0 Å². The minimum absolute atomic E-state index is 0.0168. The van der Waals surface area contributed by atoms with E-state index in [0.29, 0.717) is 12.8 Å². The molecule has 1 heterocycles. The van der Waals surface area contributed by atoms with Crippen molar-refractivity contribution in [2.24, 2.45) is 16.8 Å². The molecular weight excluding hydrogens is 196 g/mol. The minimum atomic E-state index is -0.613. The molecule has 0 aromatic rings. The van der Waals surface area contributed by atoms with Crippen molar-refractivity contribution in [1.82, 2.24) is 5.32 Å². The molecule has 1 fully saturated rings. The van der Waals surface area contributed by atoms with Gasteiger partial charge in [-0.3, -0.25) is 14.9 Å². The molecule has 0 bridgehead atoms. The van der Waals surface area contributed by atoms with Gasteiger partial charge in [-0.15, -0.1) is 0 Å². The van der Waals surface area contributed by atoms with E-state index >= 15 is 0 Å². The van der Waals surface area contributed by atoms with Crippen LogP contribution in [-0.4, -0.2) is 23.9 Å². The summed E-state index contributed by atoms with van der Waals surface area (Å²) in [5.74, 6) is -0.519. The molecule has 1 saturated carbocycles. The summed E-state index contributed by atoms with van der Waals surface area (Å²) in [5.41, 5.74) is 0. The van der Waals surface area contributed by atoms with Gasteiger partial charge in [0.05, 0.1) is 5.92 Å². The van der Waals surface area contributed by atoms with Gasteiger partial charge < -0.3 is 0 Å². The quantitative estimate of drug-likeness (QED) is 0.688. The molecular formula is C10H12N2O3. The number of imide groups is 1. The molecule has 2 rings (SSSR count). The Bertz CT molecular complexity index is 349. The monoisotopic (exact) mass is 208 g/mol. The van der Waals surface area contributed by atoms with Gasteiger partial charge in [0.25, 0.3) is 0 Å². The van der Waals surface area contributed by atoms with Crippen molar-refractivity contribution in [3.63, 3.8) is 0 Å². The normalized spacial score (nSPS) is 31.6. The summed E-state index contributed by atoms with van der Waals surface area (Å²) in [6, 6.07) is -0.613. The summed E-state index contributed by atoms with van der Waals surface area (Å²) in [5, 5.41) is 2.15. The number of hydrogen-bond acceptors (Lipinski definition) is 3. The Balaban J connectivity index is 2.09. The van der Waals surface area contributed by atoms with Crippen molar-refractivity contribution in [1.29, 1.82) is 0 Å². The molecule has 0 unspecified atom stereocenters. The van der Waals surface area contributed by atoms with Crippen molar-refractivity contribution >= 4 is 23.9 Å². The Labute approximate surface area is 86.9 Å². The molecule has 0 aromatic heterocycles. The highest BCUT2D eigenvalue weighted by atomic mass is 16.2. The Morgan fingerprint density at radius 3 is 2.80 bits per heavy atom. The van der Waals surface area contributed by atoms with E-state index in [1.807, 2.05) is 0 Å². The van der Waals surface area contributed by atoms with E-state index in [4.69, 9.17) is 0 Å². The number of rotatable bonds is 1. The highest BCUT2D eigenvalue weighted by molar-refractivity contribution is 6.09. The lowest BCUT2D eigenvalue weighted by atomic mass is 9.79. The van der Waals surface area contributed by atoms with E-state index in [1.165, 1.54) is 6.21 Å². The molecule has 1 N–H and O–H groups in total. The number of nitrogens with one attached hydrogen (secondary N) is 1. The molecule has 0 radical (unpaired) electrons. The Morgan fingerprint density at radius 2 is 2.13 bits per heavy atom. The molecule has 15 heavy (non-hydrogen) atoms. The van der Waals surface area contributed by atoms with Crippen LogP contribution in [0.25, 0.3) is 0 Å². The molecule has 80 valence electrons. The SMILES string of the molecule is O=C1CCC[C@@H]([C@@H]2C=NC(=O)NC2=O)C1. The molecule has 1 aliphatic heterocycles. The fourth-order valence-corrected chi connectivity index (χ4v) is 2.14. The second kappa shape index (κ2) is 3.92. The first-order chi connectivity index (χ1) is 7.16. The van der Waals surface area contributed by atoms with Crippen LogP contribution in [0.15, 0.2) is 4.99 Å². The van der Waals surface area contributed by atoms with E-state index in [1.54, 1.807) is 0 Å². The first-order valence-electron chi connectivity index (χ1n) is 5.07. The number of Topliss-reactive ketones (excluding diaryl/α,β-unsaturated/α-hetero) is 1. The lowest BCUT2D eigenvalue weighted by Gasteiger charge is -2.27. The number of urea groups is 1. The molecule has 5 nitrogen and oxygen atoms in total. The third kappa shape index (κ3) is 2.11. The lowest BCUT2D eigenvalue weighted by Crippen LogP contribution is -2.43. The van der Waals surface area contributed by atoms with Crippen LogP contribution < -0.4 is 5.32 Å². The van der Waals surface area contributed by atoms with Gasteiger partial charge in [0.1, 0.15) is 5.78 Å². The van der Waals surface area contributed by atoms with Gasteiger partial charge in [-0.25, -0.2) is 9.79 Å². The number of ketones is 1. The first kappa shape index (κ1) is 10.0. The zero-order valence-corrected chi connectivity index (χ0v) is 8.23. The highest BCUT2D eigenvalue weighted by Gasteiger charge is 2.33. The van der Waals surface area contributed by atoms with Gasteiger partial charge in [-0.05, 0) is 18.8 Å². The third-order valence-corrected chi connectivity index (χ3v) is 2.91. The largest absolute Gasteiger partial charge is 0.347 e. The number of amides is 3. The number of carbonyl (C=O) groups excluding carboxylic acids is 3. The number of aliphatic imine (C=N–C) groups is 1. The Hall–Kier alpha value is -1.52. The number of carbonyl (C=O) groups is 3. The highest BCUT2D eigenvalue weighted by Crippen LogP contribution is 2.28. The average molecular weight is 208 g/mol. The molecule has 0 spiro atoms. The van der Waals surface area contributed by atoms with Gasteiger partial charge in [-0.1, -0.05) is 0 Å². The zero-order chi connectivity index (χ0) is 10.8. The van der Waals surface area contributed by atoms with Crippen LogP contribution in [0, 0.1) is 11.8 Å². The Kier molecular flexibility index (Phi) is 2.62. The minimum Gasteiger partial charge on any atom is -0.300 e. The van der Waals surface area contributed by atoms with Crippen molar-refractivity contribution in [3.8, 4) is 0 Å². The second-order valence-corrected chi connectivity index (χ2v) is 3.99. The van der Waals surface area contributed by atoms with Crippen LogP contribution in [0.2, 0.25) is 0 Å². The van der Waals surface area contributed by atoms with Crippen LogP contribution in [0.4, 0.5) is 4.79 Å². The molecule has 5 heteroatoms. The molecule has 2 aliphatic rings. The fraction of sp³-hybridized carbons (Fsp3) is 0.600. The van der Waals surface area contributed by atoms with Crippen molar-refractivity contribution in [3.05, 3.63) is 0 Å². The molecule has 1 aliphatic carbocycles. The third-order valence-electron chi connectivity index (χ3n) is 2.91. The molecule has 2 atom stereocenters. The Morgan fingerprint density at radius 1 is 1.33 bits per heavy atom. The molecule has 0 aromatic carbocycles. The van der Waals surface area contributed by atoms with Gasteiger partial charge in [0, 0.05) is 19.1 Å². The summed E-state index contributed by atoms with van der Waals surface area (Å²) in [6.45, 7) is 0. The van der Waals surface area contributed by atoms with Crippen LogP contribution in [0.1, 0.15) is 25.7 Å². The van der Waals surface area contributed by atoms with E-state index in [2.05, 4.69) is 10.3 Å². The zero-order valence-electron chi connectivity index (χ0n) is 8.23. The number of nitrogens with zero attached hydrogens (tertiary/aromatic N) is 1. The smallest absolute Gasteiger partial charge is 0.300 e. The summed E-state index contributed by atoms with van der Waals surface area (Å²) >= 11 is 0. The van der Waals surface area contributed by atoms with Crippen molar-refractivity contribution in [2.75, 3.05) is 0 Å². The summed E-state index contributed by atoms with van der Waals surface area (Å²) < 4.78 is 0. The summed E-state index contributed by atoms with van der Waals surface area (Å²) in [7, 11) is 0. The maximum absolute atomic E-state index is 11.5. The van der Waals surface area contributed by atoms with Gasteiger partial charge in [0.15, 0.2) is 0 Å². The van der Waals surface area contributed by atoms with E-state index < -0.39 is 11.9 Å². The maximum atomic E-state index is 11.5. The van der Waals surface area contributed by atoms with Crippen molar-refractivity contribution in [2.45, 2.75) is 25.7 Å². The topological polar surface area (TPSA) is 75.6 Å². The lowest BCUT2D eigenvalue weighted by molar-refractivity contribution is -0.125. The predicted molar refractivity (Wildman–Crippen MR) is 52.5 cm³/mol. The van der Waals surface area contributed by atoms with Gasteiger partial charge >= 0.3 is 6.03 Å².